The second kappa shape index (κ2) is 7.89. The topological polar surface area (TPSA) is 100 Å². The van der Waals surface area contributed by atoms with Crippen LogP contribution in [0.15, 0.2) is 4.99 Å². The van der Waals surface area contributed by atoms with Gasteiger partial charge in [-0.15, -0.1) is 0 Å². The van der Waals surface area contributed by atoms with Gasteiger partial charge in [0.05, 0.1) is 12.2 Å². The number of rotatable bonds is 0. The Kier molecular flexibility index (Phi) is 10.2. The van der Waals surface area contributed by atoms with Crippen LogP contribution in [0.25, 0.3) is 5.32 Å². The maximum atomic E-state index is 7.78. The molecule has 9 heavy (non-hydrogen) atoms. The van der Waals surface area contributed by atoms with Gasteiger partial charge < -0.3 is 11.0 Å². The molecular formula is C3H2KN5. The van der Waals surface area contributed by atoms with Crippen molar-refractivity contribution in [1.29, 1.82) is 10.5 Å². The molecule has 0 saturated carbocycles. The van der Waals surface area contributed by atoms with Crippen LogP contribution >= 0.6 is 0 Å². The van der Waals surface area contributed by atoms with Crippen LogP contribution in [0.2, 0.25) is 0 Å². The van der Waals surface area contributed by atoms with Crippen molar-refractivity contribution in [3.05, 3.63) is 5.32 Å². The molecule has 0 rings (SSSR count). The Bertz CT molecular complexity index is 172. The van der Waals surface area contributed by atoms with Crippen molar-refractivity contribution in [3.8, 4) is 12.4 Å². The van der Waals surface area contributed by atoms with E-state index in [1.54, 1.807) is 0 Å². The van der Waals surface area contributed by atoms with Gasteiger partial charge in [-0.25, -0.2) is 0 Å². The fraction of sp³-hybridized carbons (Fsp3) is 0. The molecule has 5 nitrogen and oxygen atoms in total. The zero-order chi connectivity index (χ0) is 6.41. The minimum Gasteiger partial charge on any atom is -0.431 e. The minimum atomic E-state index is -0.310. The first-order valence-electron chi connectivity index (χ1n) is 1.63. The summed E-state index contributed by atoms with van der Waals surface area (Å²) in [4.78, 5) is 2.93. The third kappa shape index (κ3) is 7.89. The average molecular weight is 147 g/mol. The number of hydrogen-bond donors (Lipinski definition) is 1. The fourth-order valence-electron chi connectivity index (χ4n) is 0.127. The van der Waals surface area contributed by atoms with E-state index < -0.39 is 0 Å². The van der Waals surface area contributed by atoms with Crippen LogP contribution in [-0.2, 0) is 0 Å². The Hall–Kier alpha value is -0.114. The molecule has 0 unspecified atom stereocenters. The molecule has 0 atom stereocenters. The normalized spacial score (nSPS) is 8.00. The summed E-state index contributed by atoms with van der Waals surface area (Å²) in [6.45, 7) is 0. The van der Waals surface area contributed by atoms with E-state index in [0.29, 0.717) is 0 Å². The molecule has 0 aromatic heterocycles. The Morgan fingerprint density at radius 1 is 1.56 bits per heavy atom. The summed E-state index contributed by atoms with van der Waals surface area (Å²) in [5, 5.41) is 18.5. The third-order valence-corrected chi connectivity index (χ3v) is 0.329. The van der Waals surface area contributed by atoms with Gasteiger partial charge in [0.1, 0.15) is 6.19 Å². The summed E-state index contributed by atoms with van der Waals surface area (Å²) in [6, 6.07) is 0. The van der Waals surface area contributed by atoms with Crippen LogP contribution in [0.1, 0.15) is 0 Å². The molecule has 0 saturated heterocycles. The predicted octanol–water partition coefficient (Wildman–Crippen LogP) is -3.36. The Morgan fingerprint density at radius 2 is 2.11 bits per heavy atom. The van der Waals surface area contributed by atoms with Crippen molar-refractivity contribution in [3.63, 3.8) is 0 Å². The van der Waals surface area contributed by atoms with Crippen LogP contribution in [0, 0.1) is 22.9 Å². The number of aliphatic imine (C=N–C) groups is 1. The molecule has 0 aliphatic carbocycles. The average Bonchev–Trinajstić information content (AvgIpc) is 1.68. The van der Waals surface area contributed by atoms with Crippen LogP contribution in [-0.4, -0.2) is 5.96 Å². The Morgan fingerprint density at radius 3 is 2.44 bits per heavy atom. The largest absolute Gasteiger partial charge is 1.00 e. The van der Waals surface area contributed by atoms with Crippen molar-refractivity contribution in [2.24, 2.45) is 10.7 Å². The van der Waals surface area contributed by atoms with Crippen molar-refractivity contribution in [2.75, 3.05) is 0 Å². The number of nitrogens with zero attached hydrogens (tertiary/aromatic N) is 4. The van der Waals surface area contributed by atoms with Gasteiger partial charge in [0.15, 0.2) is 0 Å². The second-order valence-electron chi connectivity index (χ2n) is 0.782. The Labute approximate surface area is 95.0 Å². The van der Waals surface area contributed by atoms with Crippen LogP contribution < -0.4 is 57.1 Å². The summed E-state index contributed by atoms with van der Waals surface area (Å²) in [5.41, 5.74) is 4.83. The van der Waals surface area contributed by atoms with E-state index in [1.165, 1.54) is 12.4 Å². The van der Waals surface area contributed by atoms with E-state index in [2.05, 4.69) is 10.3 Å². The summed E-state index contributed by atoms with van der Waals surface area (Å²) < 4.78 is 0. The first-order chi connectivity index (χ1) is 3.81. The molecule has 0 amide bonds. The van der Waals surface area contributed by atoms with E-state index >= 15 is 0 Å². The van der Waals surface area contributed by atoms with Gasteiger partial charge >= 0.3 is 51.4 Å². The van der Waals surface area contributed by atoms with Crippen LogP contribution in [0.4, 0.5) is 0 Å². The summed E-state index contributed by atoms with van der Waals surface area (Å²) in [6.07, 6.45) is 2.74. The van der Waals surface area contributed by atoms with Crippen LogP contribution in [0.3, 0.4) is 0 Å². The third-order valence-electron chi connectivity index (χ3n) is 0.329. The number of nitriles is 2. The summed E-state index contributed by atoms with van der Waals surface area (Å²) >= 11 is 0. The van der Waals surface area contributed by atoms with Gasteiger partial charge in [0.25, 0.3) is 0 Å². The number of hydrogen-bond acceptors (Lipinski definition) is 3. The quantitative estimate of drug-likeness (QED) is 0.167. The second-order valence-corrected chi connectivity index (χ2v) is 0.782. The molecule has 0 aromatic rings. The first kappa shape index (κ1) is 11.7. The molecular weight excluding hydrogens is 145 g/mol. The van der Waals surface area contributed by atoms with E-state index in [4.69, 9.17) is 16.3 Å². The number of guanidine groups is 1. The van der Waals surface area contributed by atoms with Gasteiger partial charge in [0.2, 0.25) is 0 Å². The van der Waals surface area contributed by atoms with Gasteiger partial charge in [-0.05, 0) is 0 Å². The summed E-state index contributed by atoms with van der Waals surface area (Å²) in [5.74, 6) is -0.310. The van der Waals surface area contributed by atoms with E-state index in [1.807, 2.05) is 0 Å². The fourth-order valence-corrected chi connectivity index (χ4v) is 0.127. The molecule has 40 valence electrons. The van der Waals surface area contributed by atoms with E-state index in [0.717, 1.165) is 0 Å². The van der Waals surface area contributed by atoms with Crippen molar-refractivity contribution >= 4 is 5.96 Å². The maximum Gasteiger partial charge on any atom is 1.00 e. The summed E-state index contributed by atoms with van der Waals surface area (Å²) in [7, 11) is 0. The molecule has 0 fully saturated rings. The predicted molar refractivity (Wildman–Crippen MR) is 26.2 cm³/mol. The maximum absolute atomic E-state index is 7.78. The van der Waals surface area contributed by atoms with Crippen LogP contribution in [0.5, 0.6) is 0 Å². The number of nitrogens with two attached hydrogens (primary N) is 1. The Balaban J connectivity index is 0. The van der Waals surface area contributed by atoms with Crippen molar-refractivity contribution in [2.45, 2.75) is 0 Å². The molecule has 0 aromatic carbocycles. The minimum absolute atomic E-state index is 0. The zero-order valence-corrected chi connectivity index (χ0v) is 7.99. The van der Waals surface area contributed by atoms with Gasteiger partial charge in [0, 0.05) is 0 Å². The molecule has 6 heteroatoms. The standard InChI is InChI=1S/C3H2N5.K/c4-1-7-3(6)8-2-5;/h(H2-,6,7,8);/q-1;+1. The molecule has 0 bridgehead atoms. The van der Waals surface area contributed by atoms with Gasteiger partial charge in [-0.3, -0.25) is 10.3 Å². The molecule has 2 N–H and O–H groups in total. The monoisotopic (exact) mass is 147 g/mol. The van der Waals surface area contributed by atoms with E-state index in [-0.39, 0.29) is 57.3 Å². The molecule has 0 spiro atoms. The van der Waals surface area contributed by atoms with Gasteiger partial charge in [-0.1, -0.05) is 0 Å². The van der Waals surface area contributed by atoms with Crippen molar-refractivity contribution in [1.82, 2.24) is 0 Å². The first-order valence-corrected chi connectivity index (χ1v) is 1.63. The van der Waals surface area contributed by atoms with E-state index in [9.17, 15) is 0 Å². The molecule has 0 heterocycles. The zero-order valence-electron chi connectivity index (χ0n) is 4.87. The van der Waals surface area contributed by atoms with Crippen molar-refractivity contribution < 1.29 is 51.4 Å². The molecule has 0 radical (unpaired) electrons. The SMILES string of the molecule is N#CN=C(N)[N-]C#N.[K+]. The smallest absolute Gasteiger partial charge is 0.431 e. The molecule has 0 aliphatic heterocycles. The molecule has 0 aliphatic rings. The van der Waals surface area contributed by atoms with Gasteiger partial charge in [-0.2, -0.15) is 5.26 Å².